The van der Waals surface area contributed by atoms with E-state index in [1.807, 2.05) is 32.2 Å². The van der Waals surface area contributed by atoms with E-state index in [-0.39, 0.29) is 4.75 Å². The molecular weight excluding hydrogens is 232 g/mol. The van der Waals surface area contributed by atoms with Gasteiger partial charge < -0.3 is 4.55 Å². The molecule has 0 saturated carbocycles. The van der Waals surface area contributed by atoms with Crippen molar-refractivity contribution in [1.82, 2.24) is 4.98 Å². The third-order valence-electron chi connectivity index (χ3n) is 2.69. The molecule has 0 fully saturated rings. The summed E-state index contributed by atoms with van der Waals surface area (Å²) in [6, 6.07) is 3.93. The van der Waals surface area contributed by atoms with E-state index in [0.29, 0.717) is 0 Å². The molecule has 0 saturated heterocycles. The van der Waals surface area contributed by atoms with Crippen molar-refractivity contribution in [3.8, 4) is 0 Å². The third kappa shape index (κ3) is 5.35. The molecule has 0 spiro atoms. The Labute approximate surface area is 106 Å². The Bertz CT molecular complexity index is 350. The summed E-state index contributed by atoms with van der Waals surface area (Å²) in [6.07, 6.45) is 10.6. The topological polar surface area (TPSA) is 62.0 Å². The lowest BCUT2D eigenvalue weighted by molar-refractivity contribution is 0.518. The number of nitrogens with zero attached hydrogens (tertiary/aromatic N) is 1. The summed E-state index contributed by atoms with van der Waals surface area (Å²) in [5, 5.41) is 5.42. The fourth-order valence-corrected chi connectivity index (χ4v) is 1.79. The molecule has 0 aliphatic carbocycles. The highest BCUT2D eigenvalue weighted by atomic mass is 32.2. The highest BCUT2D eigenvalue weighted by molar-refractivity contribution is 7.90. The van der Waals surface area contributed by atoms with Crippen LogP contribution in [0.25, 0.3) is 6.08 Å². The molecular formula is C13H20N2OS. The van der Waals surface area contributed by atoms with E-state index in [1.165, 1.54) is 0 Å². The van der Waals surface area contributed by atoms with Crippen molar-refractivity contribution < 1.29 is 4.55 Å². The van der Waals surface area contributed by atoms with Gasteiger partial charge in [-0.15, -0.1) is 0 Å². The molecule has 2 N–H and O–H groups in total. The highest BCUT2D eigenvalue weighted by Gasteiger charge is 2.28. The summed E-state index contributed by atoms with van der Waals surface area (Å²) in [5.74, 6) is 0. The Kier molecular flexibility index (Phi) is 5.68. The molecule has 3 nitrogen and oxygen atoms in total. The summed E-state index contributed by atoms with van der Waals surface area (Å²) >= 11 is -1.25. The highest BCUT2D eigenvalue weighted by Crippen LogP contribution is 2.20. The first-order valence-electron chi connectivity index (χ1n) is 5.75. The zero-order chi connectivity index (χ0) is 12.7. The number of allylic oxidation sites excluding steroid dienone is 1. The van der Waals surface area contributed by atoms with E-state index in [1.54, 1.807) is 6.20 Å². The van der Waals surface area contributed by atoms with Crippen molar-refractivity contribution in [2.45, 2.75) is 37.9 Å². The van der Waals surface area contributed by atoms with E-state index in [2.05, 4.69) is 17.1 Å². The molecule has 1 heterocycles. The minimum Gasteiger partial charge on any atom is -0.598 e. The van der Waals surface area contributed by atoms with Crippen LogP contribution in [0.2, 0.25) is 0 Å². The standard InChI is InChI=1S/C13H20N2OS/c1-13(2,17(14)16)9-5-3-4-7-12-8-6-10-15-11-12/h4,6-8,10-11H,3,5,9,14H2,1-2H3. The van der Waals surface area contributed by atoms with Crippen LogP contribution in [0.3, 0.4) is 0 Å². The second-order valence-electron chi connectivity index (χ2n) is 4.64. The number of aromatic nitrogens is 1. The quantitative estimate of drug-likeness (QED) is 0.625. The maximum Gasteiger partial charge on any atom is 0.139 e. The number of hydrogen-bond donors (Lipinski definition) is 1. The van der Waals surface area contributed by atoms with Gasteiger partial charge in [-0.25, -0.2) is 0 Å². The van der Waals surface area contributed by atoms with Crippen molar-refractivity contribution in [3.05, 3.63) is 36.2 Å². The monoisotopic (exact) mass is 252 g/mol. The van der Waals surface area contributed by atoms with Gasteiger partial charge in [0.05, 0.1) is 0 Å². The molecule has 1 rings (SSSR count). The smallest absolute Gasteiger partial charge is 0.139 e. The largest absolute Gasteiger partial charge is 0.598 e. The van der Waals surface area contributed by atoms with Crippen LogP contribution in [-0.2, 0) is 11.4 Å². The third-order valence-corrected chi connectivity index (χ3v) is 3.98. The zero-order valence-corrected chi connectivity index (χ0v) is 11.2. The van der Waals surface area contributed by atoms with Gasteiger partial charge in [-0.1, -0.05) is 18.2 Å². The maximum atomic E-state index is 11.2. The molecule has 0 amide bonds. The Balaban J connectivity index is 2.27. The average Bonchev–Trinajstić information content (AvgIpc) is 2.29. The van der Waals surface area contributed by atoms with Crippen molar-refractivity contribution in [2.75, 3.05) is 0 Å². The van der Waals surface area contributed by atoms with E-state index >= 15 is 0 Å². The second kappa shape index (κ2) is 6.79. The normalized spacial score (nSPS) is 14.1. The minimum atomic E-state index is -1.25. The maximum absolute atomic E-state index is 11.2. The van der Waals surface area contributed by atoms with Crippen LogP contribution in [0.5, 0.6) is 0 Å². The number of unbranched alkanes of at least 4 members (excludes halogenated alkanes) is 1. The van der Waals surface area contributed by atoms with Crippen LogP contribution in [-0.4, -0.2) is 14.3 Å². The molecule has 17 heavy (non-hydrogen) atoms. The Morgan fingerprint density at radius 3 is 2.88 bits per heavy atom. The summed E-state index contributed by atoms with van der Waals surface area (Å²) in [6.45, 7) is 3.88. The summed E-state index contributed by atoms with van der Waals surface area (Å²) in [5.41, 5.74) is 1.11. The molecule has 4 heteroatoms. The number of rotatable bonds is 6. The Morgan fingerprint density at radius 2 is 2.29 bits per heavy atom. The molecule has 1 aromatic heterocycles. The van der Waals surface area contributed by atoms with Crippen molar-refractivity contribution in [1.29, 1.82) is 0 Å². The Hall–Kier alpha value is -0.840. The van der Waals surface area contributed by atoms with Gasteiger partial charge in [0.15, 0.2) is 0 Å². The van der Waals surface area contributed by atoms with Crippen LogP contribution in [0.1, 0.15) is 38.7 Å². The van der Waals surface area contributed by atoms with Crippen LogP contribution in [0, 0.1) is 0 Å². The van der Waals surface area contributed by atoms with Gasteiger partial charge in [0.2, 0.25) is 0 Å². The summed E-state index contributed by atoms with van der Waals surface area (Å²) in [4.78, 5) is 4.04. The van der Waals surface area contributed by atoms with Crippen LogP contribution in [0.15, 0.2) is 30.6 Å². The second-order valence-corrected chi connectivity index (χ2v) is 6.34. The average molecular weight is 252 g/mol. The van der Waals surface area contributed by atoms with Crippen LogP contribution in [0.4, 0.5) is 0 Å². The van der Waals surface area contributed by atoms with Gasteiger partial charge >= 0.3 is 0 Å². The first-order chi connectivity index (χ1) is 8.02. The zero-order valence-electron chi connectivity index (χ0n) is 10.4. The lowest BCUT2D eigenvalue weighted by atomic mass is 10.1. The van der Waals surface area contributed by atoms with Gasteiger partial charge in [0.1, 0.15) is 4.75 Å². The molecule has 0 bridgehead atoms. The molecule has 94 valence electrons. The molecule has 1 aromatic rings. The van der Waals surface area contributed by atoms with E-state index in [4.69, 9.17) is 5.14 Å². The van der Waals surface area contributed by atoms with Crippen molar-refractivity contribution in [3.63, 3.8) is 0 Å². The first-order valence-corrected chi connectivity index (χ1v) is 6.96. The van der Waals surface area contributed by atoms with Gasteiger partial charge in [0, 0.05) is 23.8 Å². The number of hydrogen-bond acceptors (Lipinski definition) is 3. The lowest BCUT2D eigenvalue weighted by Crippen LogP contribution is -2.37. The van der Waals surface area contributed by atoms with Gasteiger partial charge in [0.25, 0.3) is 0 Å². The van der Waals surface area contributed by atoms with Crippen molar-refractivity contribution in [2.24, 2.45) is 5.14 Å². The molecule has 1 unspecified atom stereocenters. The number of nitrogens with two attached hydrogens (primary N) is 1. The fraction of sp³-hybridized carbons (Fsp3) is 0.462. The SMILES string of the molecule is CC(C)(CCCC=Cc1cccnc1)[S+](N)[O-]. The number of pyridine rings is 1. The van der Waals surface area contributed by atoms with Gasteiger partial charge in [-0.3, -0.25) is 4.98 Å². The summed E-state index contributed by atoms with van der Waals surface area (Å²) in [7, 11) is 0. The van der Waals surface area contributed by atoms with Gasteiger partial charge in [-0.05, 0) is 44.7 Å². The molecule has 0 aromatic carbocycles. The van der Waals surface area contributed by atoms with Crippen LogP contribution >= 0.6 is 0 Å². The van der Waals surface area contributed by atoms with Crippen molar-refractivity contribution >= 4 is 17.4 Å². The molecule has 0 aliphatic rings. The predicted octanol–water partition coefficient (Wildman–Crippen LogP) is 2.67. The Morgan fingerprint density at radius 1 is 1.53 bits per heavy atom. The lowest BCUT2D eigenvalue weighted by Gasteiger charge is -2.23. The van der Waals surface area contributed by atoms with E-state index in [0.717, 1.165) is 24.8 Å². The predicted molar refractivity (Wildman–Crippen MR) is 73.5 cm³/mol. The van der Waals surface area contributed by atoms with E-state index in [9.17, 15) is 4.55 Å². The fourth-order valence-electron chi connectivity index (χ4n) is 1.44. The summed E-state index contributed by atoms with van der Waals surface area (Å²) < 4.78 is 10.9. The van der Waals surface area contributed by atoms with E-state index < -0.39 is 11.4 Å². The molecule has 0 aliphatic heterocycles. The molecule has 1 atom stereocenters. The first kappa shape index (κ1) is 14.2. The minimum absolute atomic E-state index is 0.290. The van der Waals surface area contributed by atoms with Crippen LogP contribution < -0.4 is 5.14 Å². The molecule has 0 radical (unpaired) electrons. The van der Waals surface area contributed by atoms with Gasteiger partial charge in [-0.2, -0.15) is 5.14 Å².